The number of aromatic nitrogens is 4. The molecule has 0 unspecified atom stereocenters. The fourth-order valence-electron chi connectivity index (χ4n) is 1.15. The number of nitrogens with one attached hydrogen (secondary N) is 2. The molecule has 0 fully saturated rings. The molecule has 0 aromatic carbocycles. The maximum absolute atomic E-state index is 5.53. The molecule has 2 heterocycles. The summed E-state index contributed by atoms with van der Waals surface area (Å²) in [7, 11) is 3.73. The Balaban J connectivity index is 2.55. The van der Waals surface area contributed by atoms with Crippen molar-refractivity contribution in [3.8, 4) is 0 Å². The van der Waals surface area contributed by atoms with E-state index in [1.165, 1.54) is 0 Å². The highest BCUT2D eigenvalue weighted by Gasteiger charge is 2.07. The van der Waals surface area contributed by atoms with Crippen LogP contribution >= 0.6 is 0 Å². The predicted molar refractivity (Wildman–Crippen MR) is 53.4 cm³/mol. The quantitative estimate of drug-likeness (QED) is 0.573. The molecule has 74 valence electrons. The van der Waals surface area contributed by atoms with Crippen molar-refractivity contribution in [3.05, 3.63) is 6.20 Å². The van der Waals surface area contributed by atoms with Crippen molar-refractivity contribution in [2.24, 2.45) is 0 Å². The second-order valence-corrected chi connectivity index (χ2v) is 3.07. The molecule has 2 rings (SSSR count). The normalized spacial score (nSPS) is 11.1. The highest BCUT2D eigenvalue weighted by atomic mass is 15.5. The molecule has 7 heteroatoms. The molecule has 2 aromatic rings. The van der Waals surface area contributed by atoms with Crippen LogP contribution in [0.2, 0.25) is 0 Å². The largest absolute Gasteiger partial charge is 0.368 e. The van der Waals surface area contributed by atoms with Gasteiger partial charge in [-0.3, -0.25) is 5.10 Å². The van der Waals surface area contributed by atoms with Gasteiger partial charge in [-0.1, -0.05) is 0 Å². The van der Waals surface area contributed by atoms with Gasteiger partial charge in [0.25, 0.3) is 0 Å². The maximum atomic E-state index is 5.53. The number of anilines is 2. The Kier molecular flexibility index (Phi) is 1.93. The number of hydrogen-bond donors (Lipinski definition) is 3. The summed E-state index contributed by atoms with van der Waals surface area (Å²) < 4.78 is 0. The molecule has 0 saturated heterocycles. The second kappa shape index (κ2) is 3.11. The molecule has 0 aliphatic carbocycles. The van der Waals surface area contributed by atoms with E-state index in [-0.39, 0.29) is 5.95 Å². The van der Waals surface area contributed by atoms with E-state index in [0.717, 1.165) is 5.39 Å². The van der Waals surface area contributed by atoms with Gasteiger partial charge in [-0.05, 0) is 0 Å². The van der Waals surface area contributed by atoms with Gasteiger partial charge in [0, 0.05) is 14.1 Å². The van der Waals surface area contributed by atoms with Gasteiger partial charge in [0.1, 0.15) is 0 Å². The van der Waals surface area contributed by atoms with Crippen LogP contribution in [-0.4, -0.2) is 39.3 Å². The maximum Gasteiger partial charge on any atom is 0.224 e. The van der Waals surface area contributed by atoms with Gasteiger partial charge in [0.2, 0.25) is 5.95 Å². The van der Waals surface area contributed by atoms with Gasteiger partial charge in [0.15, 0.2) is 11.5 Å². The predicted octanol–water partition coefficient (Wildman–Crippen LogP) is -0.176. The van der Waals surface area contributed by atoms with Gasteiger partial charge >= 0.3 is 0 Å². The average molecular weight is 193 g/mol. The molecule has 14 heavy (non-hydrogen) atoms. The van der Waals surface area contributed by atoms with Gasteiger partial charge in [-0.2, -0.15) is 15.1 Å². The van der Waals surface area contributed by atoms with E-state index in [0.29, 0.717) is 11.5 Å². The lowest BCUT2D eigenvalue weighted by Gasteiger charge is -2.12. The minimum atomic E-state index is 0.214. The van der Waals surface area contributed by atoms with Crippen LogP contribution in [0.5, 0.6) is 0 Å². The van der Waals surface area contributed by atoms with Gasteiger partial charge in [0.05, 0.1) is 11.6 Å². The summed E-state index contributed by atoms with van der Waals surface area (Å²) in [5.41, 5.74) is 9.17. The molecule has 4 N–H and O–H groups in total. The fourth-order valence-corrected chi connectivity index (χ4v) is 1.15. The number of nitrogens with two attached hydrogens (primary N) is 1. The number of rotatable bonds is 2. The average Bonchev–Trinajstić information content (AvgIpc) is 2.50. The minimum absolute atomic E-state index is 0.214. The first-order valence-corrected chi connectivity index (χ1v) is 4.07. The summed E-state index contributed by atoms with van der Waals surface area (Å²) in [6.07, 6.45) is 1.65. The van der Waals surface area contributed by atoms with Crippen LogP contribution in [0, 0.1) is 0 Å². The van der Waals surface area contributed by atoms with Crippen LogP contribution in [0.25, 0.3) is 11.0 Å². The summed E-state index contributed by atoms with van der Waals surface area (Å²) >= 11 is 0. The standard InChI is InChI=1S/C7H11N7/c1-14(2)13-6-4-3-9-12-5(4)10-7(8)11-6/h3H,1-2H3,(H4,8,9,10,11,12,13). The van der Waals surface area contributed by atoms with Crippen molar-refractivity contribution in [2.75, 3.05) is 25.3 Å². The SMILES string of the molecule is CN(C)Nc1nc(N)nc2[nH]ncc12. The van der Waals surface area contributed by atoms with E-state index < -0.39 is 0 Å². The molecular formula is C7H11N7. The third kappa shape index (κ3) is 1.44. The van der Waals surface area contributed by atoms with E-state index in [1.54, 1.807) is 11.2 Å². The van der Waals surface area contributed by atoms with E-state index in [1.807, 2.05) is 14.1 Å². The Morgan fingerprint density at radius 2 is 2.21 bits per heavy atom. The van der Waals surface area contributed by atoms with Crippen molar-refractivity contribution >= 4 is 22.8 Å². The van der Waals surface area contributed by atoms with Crippen molar-refractivity contribution in [1.82, 2.24) is 25.2 Å². The second-order valence-electron chi connectivity index (χ2n) is 3.07. The summed E-state index contributed by atoms with van der Waals surface area (Å²) in [6.45, 7) is 0. The van der Waals surface area contributed by atoms with Crippen molar-refractivity contribution in [2.45, 2.75) is 0 Å². The molecule has 0 spiro atoms. The van der Waals surface area contributed by atoms with Gasteiger partial charge in [-0.15, -0.1) is 0 Å². The Labute approximate surface area is 80.3 Å². The van der Waals surface area contributed by atoms with Crippen molar-refractivity contribution in [3.63, 3.8) is 0 Å². The zero-order valence-corrected chi connectivity index (χ0v) is 7.94. The lowest BCUT2D eigenvalue weighted by Crippen LogP contribution is -2.21. The highest BCUT2D eigenvalue weighted by Crippen LogP contribution is 2.18. The lowest BCUT2D eigenvalue weighted by molar-refractivity contribution is 0.493. The number of nitrogen functional groups attached to an aromatic ring is 1. The van der Waals surface area contributed by atoms with Crippen LogP contribution in [-0.2, 0) is 0 Å². The van der Waals surface area contributed by atoms with Gasteiger partial charge in [-0.25, -0.2) is 5.01 Å². The summed E-state index contributed by atoms with van der Waals surface area (Å²) in [5.74, 6) is 0.859. The molecular weight excluding hydrogens is 182 g/mol. The van der Waals surface area contributed by atoms with Crippen molar-refractivity contribution < 1.29 is 0 Å². The molecule has 0 bridgehead atoms. The number of hydrazine groups is 1. The molecule has 0 aliphatic heterocycles. The fraction of sp³-hybridized carbons (Fsp3) is 0.286. The number of H-pyrrole nitrogens is 1. The van der Waals surface area contributed by atoms with Crippen molar-refractivity contribution in [1.29, 1.82) is 0 Å². The number of nitrogens with zero attached hydrogens (tertiary/aromatic N) is 4. The van der Waals surface area contributed by atoms with E-state index in [2.05, 4.69) is 25.6 Å². The lowest BCUT2D eigenvalue weighted by atomic mass is 10.4. The summed E-state index contributed by atoms with van der Waals surface area (Å²) in [4.78, 5) is 8.06. The number of hydrogen-bond acceptors (Lipinski definition) is 6. The zero-order valence-electron chi connectivity index (χ0n) is 7.94. The third-order valence-corrected chi connectivity index (χ3v) is 1.66. The zero-order chi connectivity index (χ0) is 10.1. The Hall–Kier alpha value is -1.89. The minimum Gasteiger partial charge on any atom is -0.368 e. The molecule has 0 aliphatic rings. The number of fused-ring (bicyclic) bond motifs is 1. The van der Waals surface area contributed by atoms with Crippen LogP contribution in [0.1, 0.15) is 0 Å². The molecule has 0 atom stereocenters. The van der Waals surface area contributed by atoms with Crippen LogP contribution < -0.4 is 11.2 Å². The summed E-state index contributed by atoms with van der Waals surface area (Å²) in [6, 6.07) is 0. The first-order chi connectivity index (χ1) is 6.66. The Morgan fingerprint density at radius 3 is 2.93 bits per heavy atom. The number of aromatic amines is 1. The molecule has 2 aromatic heterocycles. The molecule has 0 saturated carbocycles. The first kappa shape index (κ1) is 8.70. The Morgan fingerprint density at radius 1 is 1.43 bits per heavy atom. The van der Waals surface area contributed by atoms with Gasteiger partial charge < -0.3 is 11.2 Å². The summed E-state index contributed by atoms with van der Waals surface area (Å²) in [5, 5.41) is 9.19. The van der Waals surface area contributed by atoms with E-state index in [4.69, 9.17) is 5.73 Å². The third-order valence-electron chi connectivity index (χ3n) is 1.66. The highest BCUT2D eigenvalue weighted by molar-refractivity contribution is 5.86. The topological polar surface area (TPSA) is 95.7 Å². The van der Waals surface area contributed by atoms with E-state index >= 15 is 0 Å². The molecule has 7 nitrogen and oxygen atoms in total. The smallest absolute Gasteiger partial charge is 0.224 e. The monoisotopic (exact) mass is 193 g/mol. The van der Waals surface area contributed by atoms with Crippen LogP contribution in [0.4, 0.5) is 11.8 Å². The molecule has 0 amide bonds. The van der Waals surface area contributed by atoms with Crippen LogP contribution in [0.3, 0.4) is 0 Å². The van der Waals surface area contributed by atoms with Crippen LogP contribution in [0.15, 0.2) is 6.20 Å². The first-order valence-electron chi connectivity index (χ1n) is 4.07. The van der Waals surface area contributed by atoms with E-state index in [9.17, 15) is 0 Å². The Bertz CT molecular complexity index is 446. The molecule has 0 radical (unpaired) electrons.